The van der Waals surface area contributed by atoms with Crippen molar-refractivity contribution in [2.24, 2.45) is 0 Å². The highest BCUT2D eigenvalue weighted by Gasteiger charge is 2.15. The summed E-state index contributed by atoms with van der Waals surface area (Å²) in [7, 11) is 0. The fourth-order valence-electron chi connectivity index (χ4n) is 1.51. The Bertz CT molecular complexity index is 624. The minimum absolute atomic E-state index is 0.255. The highest BCUT2D eigenvalue weighted by Crippen LogP contribution is 2.43. The van der Waals surface area contributed by atoms with Gasteiger partial charge in [0.2, 0.25) is 0 Å². The van der Waals surface area contributed by atoms with Crippen molar-refractivity contribution in [1.82, 2.24) is 0 Å². The van der Waals surface area contributed by atoms with E-state index in [-0.39, 0.29) is 10.0 Å². The van der Waals surface area contributed by atoms with Crippen LogP contribution in [-0.2, 0) is 0 Å². The van der Waals surface area contributed by atoms with E-state index in [1.54, 1.807) is 18.2 Å². The fourth-order valence-corrected chi connectivity index (χ4v) is 2.82. The molecule has 2 aromatic carbocycles. The summed E-state index contributed by atoms with van der Waals surface area (Å²) >= 11 is 30.1. The molecule has 0 saturated carbocycles. The summed E-state index contributed by atoms with van der Waals surface area (Å²) in [5.74, 6) is 0. The van der Waals surface area contributed by atoms with Crippen LogP contribution in [0.1, 0.15) is 0 Å². The Morgan fingerprint density at radius 3 is 2.00 bits per heavy atom. The van der Waals surface area contributed by atoms with Gasteiger partial charge in [-0.2, -0.15) is 0 Å². The summed E-state index contributed by atoms with van der Waals surface area (Å²) in [6.07, 6.45) is 0. The van der Waals surface area contributed by atoms with E-state index in [0.29, 0.717) is 26.3 Å². The smallest absolute Gasteiger partial charge is 0.0785 e. The molecule has 0 bridgehead atoms. The zero-order valence-corrected chi connectivity index (χ0v) is 12.6. The van der Waals surface area contributed by atoms with Crippen molar-refractivity contribution in [1.29, 1.82) is 0 Å². The Kier molecular flexibility index (Phi) is 4.20. The molecule has 0 aliphatic carbocycles. The van der Waals surface area contributed by atoms with E-state index in [4.69, 9.17) is 63.7 Å². The third-order valence-corrected chi connectivity index (χ3v) is 4.29. The molecule has 0 unspecified atom stereocenters. The molecule has 2 aromatic rings. The Labute approximate surface area is 129 Å². The van der Waals surface area contributed by atoms with Gasteiger partial charge in [-0.3, -0.25) is 0 Å². The van der Waals surface area contributed by atoms with Crippen LogP contribution in [-0.4, -0.2) is 0 Å². The summed E-state index contributed by atoms with van der Waals surface area (Å²) in [5.41, 5.74) is 7.43. The van der Waals surface area contributed by atoms with Gasteiger partial charge in [-0.05, 0) is 23.8 Å². The predicted octanol–water partition coefficient (Wildman–Crippen LogP) is 6.20. The second kappa shape index (κ2) is 5.36. The highest BCUT2D eigenvalue weighted by atomic mass is 35.5. The van der Waals surface area contributed by atoms with Crippen LogP contribution >= 0.6 is 58.0 Å². The van der Waals surface area contributed by atoms with Crippen molar-refractivity contribution in [3.05, 3.63) is 49.4 Å². The largest absolute Gasteiger partial charge is 0.398 e. The molecule has 0 spiro atoms. The number of anilines is 1. The van der Waals surface area contributed by atoms with E-state index in [1.807, 2.05) is 0 Å². The topological polar surface area (TPSA) is 26.0 Å². The van der Waals surface area contributed by atoms with E-state index in [1.165, 1.54) is 6.07 Å². The summed E-state index contributed by atoms with van der Waals surface area (Å²) in [6.45, 7) is 0. The molecular weight excluding hydrogens is 335 g/mol. The standard InChI is InChI=1S/C12H6Cl5N/c13-6-3-5(1-2-9(6)18)10-7(14)4-8(15)11(16)12(10)17/h1-4H,18H2. The molecule has 0 fully saturated rings. The third-order valence-electron chi connectivity index (χ3n) is 2.40. The molecule has 0 aliphatic rings. The molecule has 2 rings (SSSR count). The SMILES string of the molecule is Nc1ccc(-c2c(Cl)cc(Cl)c(Cl)c2Cl)cc1Cl. The van der Waals surface area contributed by atoms with Crippen LogP contribution < -0.4 is 5.73 Å². The maximum atomic E-state index is 6.16. The van der Waals surface area contributed by atoms with Crippen LogP contribution in [0, 0.1) is 0 Å². The Hall–Kier alpha value is -0.310. The summed E-state index contributed by atoms with van der Waals surface area (Å²) in [5, 5.41) is 1.67. The minimum atomic E-state index is 0.255. The lowest BCUT2D eigenvalue weighted by atomic mass is 10.1. The van der Waals surface area contributed by atoms with Gasteiger partial charge in [-0.15, -0.1) is 0 Å². The van der Waals surface area contributed by atoms with Crippen molar-refractivity contribution in [2.45, 2.75) is 0 Å². The Balaban J connectivity index is 2.71. The van der Waals surface area contributed by atoms with Gasteiger partial charge in [0.15, 0.2) is 0 Å². The van der Waals surface area contributed by atoms with Crippen molar-refractivity contribution in [3.63, 3.8) is 0 Å². The van der Waals surface area contributed by atoms with Crippen molar-refractivity contribution in [2.75, 3.05) is 5.73 Å². The van der Waals surface area contributed by atoms with E-state index in [2.05, 4.69) is 0 Å². The van der Waals surface area contributed by atoms with Gasteiger partial charge in [-0.1, -0.05) is 64.1 Å². The molecule has 0 heterocycles. The van der Waals surface area contributed by atoms with Crippen LogP contribution in [0.2, 0.25) is 25.1 Å². The lowest BCUT2D eigenvalue weighted by molar-refractivity contribution is 1.61. The molecule has 0 aromatic heterocycles. The van der Waals surface area contributed by atoms with E-state index < -0.39 is 0 Å². The molecular formula is C12H6Cl5N. The van der Waals surface area contributed by atoms with Crippen LogP contribution in [0.5, 0.6) is 0 Å². The maximum Gasteiger partial charge on any atom is 0.0785 e. The molecule has 0 aliphatic heterocycles. The van der Waals surface area contributed by atoms with Crippen molar-refractivity contribution >= 4 is 63.7 Å². The van der Waals surface area contributed by atoms with Crippen LogP contribution in [0.15, 0.2) is 24.3 Å². The van der Waals surface area contributed by atoms with E-state index in [9.17, 15) is 0 Å². The van der Waals surface area contributed by atoms with Gasteiger partial charge in [0, 0.05) is 5.56 Å². The number of benzene rings is 2. The molecule has 94 valence electrons. The average molecular weight is 341 g/mol. The number of nitrogen functional groups attached to an aromatic ring is 1. The lowest BCUT2D eigenvalue weighted by Crippen LogP contribution is -1.89. The fraction of sp³-hybridized carbons (Fsp3) is 0. The summed E-state index contributed by atoms with van der Waals surface area (Å²) in [4.78, 5) is 0. The van der Waals surface area contributed by atoms with Gasteiger partial charge in [-0.25, -0.2) is 0 Å². The zero-order chi connectivity index (χ0) is 13.4. The van der Waals surface area contributed by atoms with Crippen LogP contribution in [0.3, 0.4) is 0 Å². The number of hydrogen-bond acceptors (Lipinski definition) is 1. The molecule has 1 nitrogen and oxygen atoms in total. The first kappa shape index (κ1) is 14.1. The third kappa shape index (κ3) is 2.52. The second-order valence-corrected chi connectivity index (χ2v) is 5.56. The monoisotopic (exact) mass is 339 g/mol. The van der Waals surface area contributed by atoms with Gasteiger partial charge >= 0.3 is 0 Å². The predicted molar refractivity (Wildman–Crippen MR) is 81.3 cm³/mol. The Morgan fingerprint density at radius 1 is 0.722 bits per heavy atom. The molecule has 6 heteroatoms. The zero-order valence-electron chi connectivity index (χ0n) is 8.78. The number of hydrogen-bond donors (Lipinski definition) is 1. The minimum Gasteiger partial charge on any atom is -0.398 e. The first-order valence-electron chi connectivity index (χ1n) is 4.80. The van der Waals surface area contributed by atoms with E-state index >= 15 is 0 Å². The van der Waals surface area contributed by atoms with Gasteiger partial charge in [0.1, 0.15) is 0 Å². The quantitative estimate of drug-likeness (QED) is 0.373. The van der Waals surface area contributed by atoms with Crippen molar-refractivity contribution < 1.29 is 0 Å². The first-order chi connectivity index (χ1) is 8.41. The second-order valence-electron chi connectivity index (χ2n) is 3.58. The summed E-state index contributed by atoms with van der Waals surface area (Å²) < 4.78 is 0. The number of nitrogens with two attached hydrogens (primary N) is 1. The number of halogens is 5. The summed E-state index contributed by atoms with van der Waals surface area (Å²) in [6, 6.07) is 6.65. The number of rotatable bonds is 1. The molecule has 2 N–H and O–H groups in total. The van der Waals surface area contributed by atoms with Crippen molar-refractivity contribution in [3.8, 4) is 11.1 Å². The van der Waals surface area contributed by atoms with Gasteiger partial charge in [0.05, 0.1) is 30.8 Å². The average Bonchev–Trinajstić information content (AvgIpc) is 2.31. The van der Waals surface area contributed by atoms with E-state index in [0.717, 1.165) is 5.56 Å². The lowest BCUT2D eigenvalue weighted by Gasteiger charge is -2.11. The normalized spacial score (nSPS) is 10.7. The van der Waals surface area contributed by atoms with Gasteiger partial charge in [0.25, 0.3) is 0 Å². The molecule has 0 amide bonds. The molecule has 0 radical (unpaired) electrons. The van der Waals surface area contributed by atoms with Crippen LogP contribution in [0.4, 0.5) is 5.69 Å². The highest BCUT2D eigenvalue weighted by molar-refractivity contribution is 6.51. The molecule has 0 saturated heterocycles. The maximum absolute atomic E-state index is 6.16. The Morgan fingerprint density at radius 2 is 1.39 bits per heavy atom. The molecule has 0 atom stereocenters. The molecule has 18 heavy (non-hydrogen) atoms. The first-order valence-corrected chi connectivity index (χ1v) is 6.69. The van der Waals surface area contributed by atoms with Crippen LogP contribution in [0.25, 0.3) is 11.1 Å². The van der Waals surface area contributed by atoms with Gasteiger partial charge < -0.3 is 5.73 Å².